The van der Waals surface area contributed by atoms with E-state index in [0.29, 0.717) is 22.4 Å². The Morgan fingerprint density at radius 3 is 1.92 bits per heavy atom. The molecule has 0 saturated carbocycles. The molecule has 0 radical (unpaired) electrons. The third-order valence-electron chi connectivity index (χ3n) is 4.76. The molecule has 0 saturated heterocycles. The second-order valence-corrected chi connectivity index (χ2v) is 6.44. The molecule has 2 aromatic rings. The van der Waals surface area contributed by atoms with E-state index in [4.69, 9.17) is 0 Å². The zero-order valence-electron chi connectivity index (χ0n) is 14.7. The minimum Gasteiger partial charge on any atom is -0.293 e. The summed E-state index contributed by atoms with van der Waals surface area (Å²) in [6, 6.07) is 18.4. The molecule has 25 heavy (non-hydrogen) atoms. The smallest absolute Gasteiger partial charge is 0.191 e. The number of ketones is 2. The molecule has 0 bridgehead atoms. The lowest BCUT2D eigenvalue weighted by Crippen LogP contribution is -2.35. The quantitative estimate of drug-likeness (QED) is 0.759. The molecular formula is C22H21NO2. The summed E-state index contributed by atoms with van der Waals surface area (Å²) in [4.78, 5) is 30.6. The van der Waals surface area contributed by atoms with Gasteiger partial charge in [-0.2, -0.15) is 0 Å². The molecule has 3 heteroatoms. The van der Waals surface area contributed by atoms with E-state index < -0.39 is 5.92 Å². The second-order valence-electron chi connectivity index (χ2n) is 6.44. The summed E-state index contributed by atoms with van der Waals surface area (Å²) in [5.74, 6) is -0.653. The molecule has 0 N–H and O–H groups in total. The molecule has 1 aliphatic heterocycles. The van der Waals surface area contributed by atoms with Gasteiger partial charge in [-0.1, -0.05) is 67.6 Å². The van der Waals surface area contributed by atoms with Crippen LogP contribution in [0.25, 0.3) is 0 Å². The first-order chi connectivity index (χ1) is 12.0. The Bertz CT molecular complexity index is 863. The summed E-state index contributed by atoms with van der Waals surface area (Å²) in [6.07, 6.45) is 0. The molecule has 2 atom stereocenters. The van der Waals surface area contributed by atoms with Gasteiger partial charge >= 0.3 is 0 Å². The number of carbonyl (C=O) groups excluding carboxylic acids is 2. The number of rotatable bonds is 4. The van der Waals surface area contributed by atoms with Crippen molar-refractivity contribution in [2.45, 2.75) is 20.8 Å². The van der Waals surface area contributed by atoms with Crippen LogP contribution in [0.5, 0.6) is 0 Å². The van der Waals surface area contributed by atoms with Gasteiger partial charge in [0.05, 0.1) is 5.92 Å². The topological polar surface area (TPSA) is 46.5 Å². The third kappa shape index (κ3) is 3.22. The number of benzene rings is 2. The van der Waals surface area contributed by atoms with Crippen LogP contribution < -0.4 is 0 Å². The average molecular weight is 331 g/mol. The van der Waals surface area contributed by atoms with Crippen LogP contribution in [0.3, 0.4) is 0 Å². The first kappa shape index (κ1) is 17.0. The maximum absolute atomic E-state index is 13.0. The number of hydrogen-bond acceptors (Lipinski definition) is 3. The third-order valence-corrected chi connectivity index (χ3v) is 4.76. The Morgan fingerprint density at radius 1 is 0.840 bits per heavy atom. The van der Waals surface area contributed by atoms with Crippen LogP contribution in [0.2, 0.25) is 0 Å². The van der Waals surface area contributed by atoms with E-state index in [1.807, 2.05) is 69.3 Å². The van der Waals surface area contributed by atoms with Gasteiger partial charge < -0.3 is 0 Å². The summed E-state index contributed by atoms with van der Waals surface area (Å²) in [7, 11) is 0. The molecule has 0 aromatic heterocycles. The van der Waals surface area contributed by atoms with Crippen LogP contribution in [0, 0.1) is 11.8 Å². The highest BCUT2D eigenvalue weighted by molar-refractivity contribution is 6.16. The summed E-state index contributed by atoms with van der Waals surface area (Å²) in [5.41, 5.74) is 3.38. The van der Waals surface area contributed by atoms with Crippen LogP contribution in [0.4, 0.5) is 0 Å². The lowest BCUT2D eigenvalue weighted by atomic mass is 9.75. The van der Waals surface area contributed by atoms with E-state index in [2.05, 4.69) is 4.99 Å². The van der Waals surface area contributed by atoms with Crippen molar-refractivity contribution in [2.24, 2.45) is 16.8 Å². The monoisotopic (exact) mass is 331 g/mol. The van der Waals surface area contributed by atoms with Crippen molar-refractivity contribution in [1.82, 2.24) is 0 Å². The SMILES string of the molecule is CC1=NC(C)=C(C(=O)c2ccccc2)[C@H](C)C1C(=O)c1ccccc1. The predicted molar refractivity (Wildman–Crippen MR) is 100 cm³/mol. The zero-order chi connectivity index (χ0) is 18.0. The Kier molecular flexibility index (Phi) is 4.75. The molecule has 1 heterocycles. The molecule has 3 rings (SSSR count). The normalized spacial score (nSPS) is 20.2. The van der Waals surface area contributed by atoms with E-state index in [1.54, 1.807) is 12.1 Å². The van der Waals surface area contributed by atoms with E-state index in [0.717, 1.165) is 5.71 Å². The van der Waals surface area contributed by atoms with Crippen LogP contribution in [-0.2, 0) is 0 Å². The van der Waals surface area contributed by atoms with Gasteiger partial charge in [-0.3, -0.25) is 14.6 Å². The van der Waals surface area contributed by atoms with Crippen molar-refractivity contribution in [3.05, 3.63) is 83.1 Å². The van der Waals surface area contributed by atoms with Crippen molar-refractivity contribution in [1.29, 1.82) is 0 Å². The second kappa shape index (κ2) is 6.98. The van der Waals surface area contributed by atoms with Gasteiger partial charge in [0.1, 0.15) is 0 Å². The first-order valence-corrected chi connectivity index (χ1v) is 8.45. The molecular weight excluding hydrogens is 310 g/mol. The molecule has 1 unspecified atom stereocenters. The molecule has 0 amide bonds. The van der Waals surface area contributed by atoms with Crippen molar-refractivity contribution < 1.29 is 9.59 Å². The van der Waals surface area contributed by atoms with Gasteiger partial charge in [-0.25, -0.2) is 0 Å². The van der Waals surface area contributed by atoms with E-state index in [-0.39, 0.29) is 17.5 Å². The van der Waals surface area contributed by atoms with Gasteiger partial charge in [0.2, 0.25) is 0 Å². The molecule has 0 fully saturated rings. The highest BCUT2D eigenvalue weighted by Gasteiger charge is 2.37. The van der Waals surface area contributed by atoms with Crippen LogP contribution >= 0.6 is 0 Å². The minimum absolute atomic E-state index is 0.0141. The Balaban J connectivity index is 1.99. The predicted octanol–water partition coefficient (Wildman–Crippen LogP) is 4.75. The van der Waals surface area contributed by atoms with Crippen LogP contribution in [0.1, 0.15) is 41.5 Å². The fourth-order valence-corrected chi connectivity index (χ4v) is 3.57. The van der Waals surface area contributed by atoms with Crippen molar-refractivity contribution in [3.8, 4) is 0 Å². The summed E-state index contributed by atoms with van der Waals surface area (Å²) >= 11 is 0. The number of aliphatic imine (C=N–C) groups is 1. The summed E-state index contributed by atoms with van der Waals surface area (Å²) < 4.78 is 0. The van der Waals surface area contributed by atoms with Crippen molar-refractivity contribution in [2.75, 3.05) is 0 Å². The average Bonchev–Trinajstić information content (AvgIpc) is 2.62. The van der Waals surface area contributed by atoms with Gasteiger partial charge in [-0.05, 0) is 13.8 Å². The summed E-state index contributed by atoms with van der Waals surface area (Å²) in [6.45, 7) is 5.66. The lowest BCUT2D eigenvalue weighted by Gasteiger charge is -2.29. The Labute approximate surface area is 148 Å². The fourth-order valence-electron chi connectivity index (χ4n) is 3.57. The van der Waals surface area contributed by atoms with Gasteiger partial charge in [0.15, 0.2) is 11.6 Å². The van der Waals surface area contributed by atoms with Crippen LogP contribution in [-0.4, -0.2) is 17.3 Å². The Hall–Kier alpha value is -2.81. The van der Waals surface area contributed by atoms with Gasteiger partial charge in [-0.15, -0.1) is 0 Å². The zero-order valence-corrected chi connectivity index (χ0v) is 14.7. The number of Topliss-reactive ketones (excluding diaryl/α,β-unsaturated/α-hetero) is 2. The van der Waals surface area contributed by atoms with Crippen molar-refractivity contribution in [3.63, 3.8) is 0 Å². The van der Waals surface area contributed by atoms with E-state index in [9.17, 15) is 9.59 Å². The van der Waals surface area contributed by atoms with Crippen LogP contribution in [0.15, 0.2) is 76.9 Å². The van der Waals surface area contributed by atoms with E-state index in [1.165, 1.54) is 0 Å². The molecule has 126 valence electrons. The lowest BCUT2D eigenvalue weighted by molar-refractivity contribution is 0.0924. The molecule has 2 aromatic carbocycles. The number of nitrogens with zero attached hydrogens (tertiary/aromatic N) is 1. The highest BCUT2D eigenvalue weighted by Crippen LogP contribution is 2.34. The number of carbonyl (C=O) groups is 2. The first-order valence-electron chi connectivity index (χ1n) is 8.45. The summed E-state index contributed by atoms with van der Waals surface area (Å²) in [5, 5.41) is 0. The molecule has 0 aliphatic carbocycles. The molecule has 1 aliphatic rings. The maximum Gasteiger partial charge on any atom is 0.191 e. The standard InChI is InChI=1S/C22H21NO2/c1-14-19(21(24)17-10-6-4-7-11-17)15(2)23-16(3)20(14)22(25)18-12-8-5-9-13-18/h4-14,19H,1-3H3/t14-,19?/m1/s1. The maximum atomic E-state index is 13.0. The number of allylic oxidation sites excluding steroid dienone is 2. The fraction of sp³-hybridized carbons (Fsp3) is 0.227. The van der Waals surface area contributed by atoms with Crippen molar-refractivity contribution >= 4 is 17.3 Å². The van der Waals surface area contributed by atoms with E-state index >= 15 is 0 Å². The highest BCUT2D eigenvalue weighted by atomic mass is 16.1. The van der Waals surface area contributed by atoms with Gasteiger partial charge in [0.25, 0.3) is 0 Å². The van der Waals surface area contributed by atoms with Gasteiger partial charge in [0, 0.05) is 34.0 Å². The number of hydrogen-bond donors (Lipinski definition) is 0. The molecule has 3 nitrogen and oxygen atoms in total. The Morgan fingerprint density at radius 2 is 1.36 bits per heavy atom. The largest absolute Gasteiger partial charge is 0.293 e. The minimum atomic E-state index is -0.409. The molecule has 0 spiro atoms.